The molecule has 116 valence electrons. The quantitative estimate of drug-likeness (QED) is 0.934. The summed E-state index contributed by atoms with van der Waals surface area (Å²) in [5.41, 5.74) is 1.51. The Bertz CT molecular complexity index is 653. The molecule has 1 fully saturated rings. The van der Waals surface area contributed by atoms with Crippen LogP contribution < -0.4 is 5.01 Å². The molecule has 0 spiro atoms. The minimum absolute atomic E-state index is 0.282. The largest absolute Gasteiger partial charge is 0.477 e. The van der Waals surface area contributed by atoms with E-state index in [0.29, 0.717) is 24.0 Å². The fraction of sp³-hybridized carbons (Fsp3) is 0.333. The first kappa shape index (κ1) is 15.0. The van der Waals surface area contributed by atoms with E-state index in [1.165, 1.54) is 11.3 Å². The molecule has 0 atom stereocenters. The molecule has 1 aromatic heterocycles. The number of hydrazine groups is 1. The number of ether oxygens (including phenoxy) is 1. The highest BCUT2D eigenvalue weighted by atomic mass is 32.1. The van der Waals surface area contributed by atoms with Crippen LogP contribution >= 0.6 is 11.3 Å². The zero-order chi connectivity index (χ0) is 15.5. The third kappa shape index (κ3) is 2.96. The number of morpholine rings is 1. The first-order valence-corrected chi connectivity index (χ1v) is 7.87. The summed E-state index contributed by atoms with van der Waals surface area (Å²) < 4.78 is 5.41. The molecule has 7 heteroatoms. The number of para-hydroxylation sites is 1. The molecule has 1 aromatic carbocycles. The lowest BCUT2D eigenvalue weighted by Gasteiger charge is -2.37. The number of aromatic carboxylic acids is 1. The smallest absolute Gasteiger partial charge is 0.347 e. The van der Waals surface area contributed by atoms with Gasteiger partial charge in [-0.15, -0.1) is 0 Å². The van der Waals surface area contributed by atoms with E-state index in [-0.39, 0.29) is 4.88 Å². The van der Waals surface area contributed by atoms with Gasteiger partial charge in [-0.05, 0) is 19.1 Å². The Kier molecular flexibility index (Phi) is 4.37. The summed E-state index contributed by atoms with van der Waals surface area (Å²) in [6.07, 6.45) is 0. The van der Waals surface area contributed by atoms with Crippen LogP contribution in [0.5, 0.6) is 0 Å². The highest BCUT2D eigenvalue weighted by molar-refractivity contribution is 7.17. The molecule has 1 aliphatic heterocycles. The summed E-state index contributed by atoms with van der Waals surface area (Å²) in [5, 5.41) is 14.1. The third-order valence-corrected chi connectivity index (χ3v) is 4.55. The van der Waals surface area contributed by atoms with Crippen molar-refractivity contribution in [3.05, 3.63) is 40.9 Å². The monoisotopic (exact) mass is 319 g/mol. The second-order valence-corrected chi connectivity index (χ2v) is 5.91. The van der Waals surface area contributed by atoms with Crippen molar-refractivity contribution in [1.29, 1.82) is 0 Å². The van der Waals surface area contributed by atoms with Crippen molar-refractivity contribution in [3.63, 3.8) is 0 Å². The fourth-order valence-electron chi connectivity index (χ4n) is 2.39. The number of aromatic nitrogens is 1. The summed E-state index contributed by atoms with van der Waals surface area (Å²) in [6, 6.07) is 9.86. The molecule has 0 aliphatic carbocycles. The molecule has 1 aliphatic rings. The zero-order valence-corrected chi connectivity index (χ0v) is 13.0. The van der Waals surface area contributed by atoms with Crippen LogP contribution in [-0.4, -0.2) is 47.4 Å². The summed E-state index contributed by atoms with van der Waals surface area (Å²) in [7, 11) is 0. The highest BCUT2D eigenvalue weighted by Gasteiger charge is 2.25. The van der Waals surface area contributed by atoms with Crippen LogP contribution in [0.4, 0.5) is 10.8 Å². The normalized spacial score (nSPS) is 15.7. The molecule has 0 unspecified atom stereocenters. The number of anilines is 2. The summed E-state index contributed by atoms with van der Waals surface area (Å²) in [5.74, 6) is -0.934. The number of carboxylic acids is 1. The predicted molar refractivity (Wildman–Crippen MR) is 84.8 cm³/mol. The molecule has 0 saturated carbocycles. The number of nitrogens with zero attached hydrogens (tertiary/aromatic N) is 3. The second kappa shape index (κ2) is 6.43. The highest BCUT2D eigenvalue weighted by Crippen LogP contribution is 2.33. The van der Waals surface area contributed by atoms with Gasteiger partial charge in [-0.25, -0.2) is 19.8 Å². The van der Waals surface area contributed by atoms with Crippen molar-refractivity contribution in [2.24, 2.45) is 0 Å². The lowest BCUT2D eigenvalue weighted by Crippen LogP contribution is -2.46. The fourth-order valence-corrected chi connectivity index (χ4v) is 3.34. The Hall–Kier alpha value is -1.96. The van der Waals surface area contributed by atoms with Gasteiger partial charge in [-0.3, -0.25) is 0 Å². The number of rotatable bonds is 4. The molecule has 6 nitrogen and oxygen atoms in total. The second-order valence-electron chi connectivity index (χ2n) is 4.93. The van der Waals surface area contributed by atoms with Gasteiger partial charge in [0.05, 0.1) is 24.6 Å². The summed E-state index contributed by atoms with van der Waals surface area (Å²) in [6.45, 7) is 4.52. The summed E-state index contributed by atoms with van der Waals surface area (Å²) in [4.78, 5) is 16.0. The van der Waals surface area contributed by atoms with E-state index in [4.69, 9.17) is 4.74 Å². The van der Waals surface area contributed by atoms with E-state index in [1.54, 1.807) is 6.92 Å². The van der Waals surface area contributed by atoms with Gasteiger partial charge in [0.1, 0.15) is 4.88 Å². The number of hydrogen-bond acceptors (Lipinski definition) is 6. The van der Waals surface area contributed by atoms with Gasteiger partial charge in [-0.2, -0.15) is 0 Å². The van der Waals surface area contributed by atoms with Crippen molar-refractivity contribution >= 4 is 28.1 Å². The molecule has 0 radical (unpaired) electrons. The minimum Gasteiger partial charge on any atom is -0.477 e. The molecule has 0 bridgehead atoms. The average molecular weight is 319 g/mol. The molecule has 0 amide bonds. The first-order valence-electron chi connectivity index (χ1n) is 7.05. The molecule has 1 saturated heterocycles. The van der Waals surface area contributed by atoms with Crippen LogP contribution in [-0.2, 0) is 4.74 Å². The maximum absolute atomic E-state index is 11.3. The molecule has 2 aromatic rings. The van der Waals surface area contributed by atoms with Crippen molar-refractivity contribution in [2.75, 3.05) is 31.3 Å². The Balaban J connectivity index is 2.01. The topological polar surface area (TPSA) is 65.9 Å². The van der Waals surface area contributed by atoms with Gasteiger partial charge in [0.25, 0.3) is 0 Å². The Morgan fingerprint density at radius 3 is 2.59 bits per heavy atom. The van der Waals surface area contributed by atoms with E-state index in [9.17, 15) is 9.90 Å². The Morgan fingerprint density at radius 1 is 1.32 bits per heavy atom. The summed E-state index contributed by atoms with van der Waals surface area (Å²) >= 11 is 1.20. The number of carbonyl (C=O) groups is 1. The SMILES string of the molecule is Cc1nc(N(c2ccccc2)N2CCOCC2)sc1C(=O)O. The van der Waals surface area contributed by atoms with Gasteiger partial charge in [0, 0.05) is 13.1 Å². The van der Waals surface area contributed by atoms with Crippen molar-refractivity contribution in [2.45, 2.75) is 6.92 Å². The molecule has 3 rings (SSSR count). The lowest BCUT2D eigenvalue weighted by atomic mass is 10.3. The minimum atomic E-state index is -0.934. The van der Waals surface area contributed by atoms with E-state index < -0.39 is 5.97 Å². The number of aryl methyl sites for hydroxylation is 1. The van der Waals surface area contributed by atoms with Crippen molar-refractivity contribution < 1.29 is 14.6 Å². The van der Waals surface area contributed by atoms with Gasteiger partial charge in [-0.1, -0.05) is 29.5 Å². The van der Waals surface area contributed by atoms with Gasteiger partial charge < -0.3 is 9.84 Å². The number of hydrogen-bond donors (Lipinski definition) is 1. The molecular formula is C15H17N3O3S. The first-order chi connectivity index (χ1) is 10.7. The van der Waals surface area contributed by atoms with E-state index in [0.717, 1.165) is 18.8 Å². The van der Waals surface area contributed by atoms with Crippen LogP contribution in [0.3, 0.4) is 0 Å². The number of carboxylic acid groups (broad SMARTS) is 1. The van der Waals surface area contributed by atoms with Crippen LogP contribution in [0.15, 0.2) is 30.3 Å². The Labute approximate surface area is 132 Å². The maximum Gasteiger partial charge on any atom is 0.347 e. The van der Waals surface area contributed by atoms with Crippen LogP contribution in [0.2, 0.25) is 0 Å². The van der Waals surface area contributed by atoms with E-state index in [1.807, 2.05) is 35.3 Å². The van der Waals surface area contributed by atoms with Gasteiger partial charge in [0.2, 0.25) is 5.13 Å². The molecule has 22 heavy (non-hydrogen) atoms. The van der Waals surface area contributed by atoms with E-state index >= 15 is 0 Å². The maximum atomic E-state index is 11.3. The molecular weight excluding hydrogens is 302 g/mol. The van der Waals surface area contributed by atoms with Crippen molar-refractivity contribution in [1.82, 2.24) is 9.99 Å². The zero-order valence-electron chi connectivity index (χ0n) is 12.2. The number of benzene rings is 1. The number of thiazole rings is 1. The average Bonchev–Trinajstić information content (AvgIpc) is 2.91. The van der Waals surface area contributed by atoms with Gasteiger partial charge >= 0.3 is 5.97 Å². The lowest BCUT2D eigenvalue weighted by molar-refractivity contribution is 0.0378. The van der Waals surface area contributed by atoms with Gasteiger partial charge in [0.15, 0.2) is 0 Å². The van der Waals surface area contributed by atoms with Crippen LogP contribution in [0, 0.1) is 6.92 Å². The third-order valence-electron chi connectivity index (χ3n) is 3.43. The molecule has 2 heterocycles. The van der Waals surface area contributed by atoms with Crippen LogP contribution in [0.25, 0.3) is 0 Å². The molecule has 1 N–H and O–H groups in total. The Morgan fingerprint density at radius 2 is 2.00 bits per heavy atom. The van der Waals surface area contributed by atoms with E-state index in [2.05, 4.69) is 9.99 Å². The van der Waals surface area contributed by atoms with Crippen LogP contribution in [0.1, 0.15) is 15.4 Å². The predicted octanol–water partition coefficient (Wildman–Crippen LogP) is 2.54. The van der Waals surface area contributed by atoms with Crippen molar-refractivity contribution in [3.8, 4) is 0 Å². The standard InChI is InChI=1S/C15H17N3O3S/c1-11-13(14(19)20)22-15(16-11)18(12-5-3-2-4-6-12)17-7-9-21-10-8-17/h2-6H,7-10H2,1H3,(H,19,20).